The predicted octanol–water partition coefficient (Wildman–Crippen LogP) is 3.45. The van der Waals surface area contributed by atoms with E-state index in [9.17, 15) is 9.59 Å². The molecule has 0 saturated carbocycles. The molecule has 0 radical (unpaired) electrons. The minimum atomic E-state index is -0.782. The highest BCUT2D eigenvalue weighted by Gasteiger charge is 2.00. The molecule has 6 nitrogen and oxygen atoms in total. The van der Waals surface area contributed by atoms with Crippen LogP contribution in [0.15, 0.2) is 36.7 Å². The molecule has 0 amide bonds. The maximum atomic E-state index is 10.5. The van der Waals surface area contributed by atoms with E-state index in [1.54, 1.807) is 12.4 Å². The quantitative estimate of drug-likeness (QED) is 0.451. The van der Waals surface area contributed by atoms with Crippen molar-refractivity contribution in [1.29, 1.82) is 0 Å². The zero-order valence-corrected chi connectivity index (χ0v) is 17.2. The van der Waals surface area contributed by atoms with Gasteiger partial charge in [0.1, 0.15) is 6.61 Å². The first-order valence-electron chi connectivity index (χ1n) is 6.93. The molecule has 0 spiro atoms. The van der Waals surface area contributed by atoms with Crippen molar-refractivity contribution in [2.75, 3.05) is 0 Å². The number of carboxylic acids is 1. The summed E-state index contributed by atoms with van der Waals surface area (Å²) in [5, 5.41) is 8.41. The molecule has 0 aliphatic carbocycles. The summed E-state index contributed by atoms with van der Waals surface area (Å²) >= 11 is 4.36. The van der Waals surface area contributed by atoms with E-state index in [-0.39, 0.29) is 19.0 Å². The van der Waals surface area contributed by atoms with Crippen molar-refractivity contribution in [3.8, 4) is 0 Å². The van der Waals surface area contributed by atoms with Gasteiger partial charge in [-0.3, -0.25) is 19.6 Å². The molecule has 128 valence electrons. The zero-order chi connectivity index (χ0) is 17.9. The first-order chi connectivity index (χ1) is 11.4. The first kappa shape index (κ1) is 20.7. The second kappa shape index (κ2) is 11.3. The van der Waals surface area contributed by atoms with Crippen LogP contribution in [0.4, 0.5) is 0 Å². The monoisotopic (exact) mass is 554 g/mol. The minimum Gasteiger partial charge on any atom is -0.481 e. The largest absolute Gasteiger partial charge is 0.481 e. The highest BCUT2D eigenvalue weighted by atomic mass is 127. The van der Waals surface area contributed by atoms with Crippen LogP contribution in [0, 0.1) is 7.14 Å². The molecule has 0 saturated heterocycles. The third-order valence-corrected chi connectivity index (χ3v) is 3.92. The zero-order valence-electron chi connectivity index (χ0n) is 12.9. The lowest BCUT2D eigenvalue weighted by atomic mass is 10.2. The van der Waals surface area contributed by atoms with Gasteiger partial charge in [0.25, 0.3) is 0 Å². The summed E-state index contributed by atoms with van der Waals surface area (Å²) in [5.41, 5.74) is 1.61. The second-order valence-corrected chi connectivity index (χ2v) is 7.10. The van der Waals surface area contributed by atoms with Crippen molar-refractivity contribution in [2.45, 2.75) is 26.4 Å². The number of ether oxygens (including phenoxy) is 1. The molecule has 2 heterocycles. The Morgan fingerprint density at radius 3 is 2.12 bits per heavy atom. The standard InChI is InChI=1S/2C8H8INO2/c1-6(11)12-5-8-4-7(9)2-3-10-8;9-6-3-4-10-7(5-6)1-2-8(11)12/h2-4H,5H2,1H3;3-5H,1-2H2,(H,11,12). The lowest BCUT2D eigenvalue weighted by Crippen LogP contribution is -2.00. The van der Waals surface area contributed by atoms with Gasteiger partial charge in [-0.15, -0.1) is 0 Å². The number of carbonyl (C=O) groups excluding carboxylic acids is 1. The number of carboxylic acid groups (broad SMARTS) is 1. The number of hydrogen-bond acceptors (Lipinski definition) is 5. The fourth-order valence-electron chi connectivity index (χ4n) is 1.52. The summed E-state index contributed by atoms with van der Waals surface area (Å²) < 4.78 is 6.95. The Kier molecular flexibility index (Phi) is 9.76. The van der Waals surface area contributed by atoms with Crippen molar-refractivity contribution >= 4 is 57.1 Å². The number of aryl methyl sites for hydroxylation is 1. The van der Waals surface area contributed by atoms with Crippen molar-refractivity contribution in [3.05, 3.63) is 55.2 Å². The summed E-state index contributed by atoms with van der Waals surface area (Å²) in [4.78, 5) is 28.8. The van der Waals surface area contributed by atoms with Crippen LogP contribution in [0.1, 0.15) is 24.7 Å². The Bertz CT molecular complexity index is 636. The van der Waals surface area contributed by atoms with Gasteiger partial charge in [0, 0.05) is 38.6 Å². The van der Waals surface area contributed by atoms with Crippen LogP contribution in [0.5, 0.6) is 0 Å². The summed E-state index contributed by atoms with van der Waals surface area (Å²) in [5.74, 6) is -1.06. The van der Waals surface area contributed by atoms with E-state index in [0.29, 0.717) is 6.42 Å². The number of esters is 1. The summed E-state index contributed by atoms with van der Waals surface area (Å²) in [6.45, 7) is 1.64. The molecule has 0 unspecified atom stereocenters. The number of aromatic nitrogens is 2. The third-order valence-electron chi connectivity index (χ3n) is 2.58. The van der Waals surface area contributed by atoms with Crippen LogP contribution in [0.3, 0.4) is 0 Å². The van der Waals surface area contributed by atoms with E-state index in [1.165, 1.54) is 6.92 Å². The van der Waals surface area contributed by atoms with E-state index >= 15 is 0 Å². The van der Waals surface area contributed by atoms with E-state index in [1.807, 2.05) is 24.3 Å². The molecule has 1 N–H and O–H groups in total. The molecular formula is C16H16I2N2O4. The molecule has 0 atom stereocenters. The van der Waals surface area contributed by atoms with Crippen LogP contribution in [0.2, 0.25) is 0 Å². The fraction of sp³-hybridized carbons (Fsp3) is 0.250. The van der Waals surface area contributed by atoms with Crippen LogP contribution in [-0.4, -0.2) is 27.0 Å². The molecule has 24 heavy (non-hydrogen) atoms. The number of halogens is 2. The van der Waals surface area contributed by atoms with E-state index in [0.717, 1.165) is 18.5 Å². The molecule has 2 aromatic heterocycles. The molecule has 8 heteroatoms. The topological polar surface area (TPSA) is 89.4 Å². The van der Waals surface area contributed by atoms with Crippen LogP contribution >= 0.6 is 45.2 Å². The van der Waals surface area contributed by atoms with Crippen molar-refractivity contribution < 1.29 is 19.4 Å². The van der Waals surface area contributed by atoms with Gasteiger partial charge in [-0.05, 0) is 69.4 Å². The maximum Gasteiger partial charge on any atom is 0.303 e. The SMILES string of the molecule is CC(=O)OCc1cc(I)ccn1.O=C(O)CCc1cc(I)ccn1. The number of pyridine rings is 2. The Labute approximate surface area is 167 Å². The van der Waals surface area contributed by atoms with Crippen molar-refractivity contribution in [3.63, 3.8) is 0 Å². The fourth-order valence-corrected chi connectivity index (χ4v) is 2.56. The summed E-state index contributed by atoms with van der Waals surface area (Å²) in [7, 11) is 0. The highest BCUT2D eigenvalue weighted by Crippen LogP contribution is 2.06. The van der Waals surface area contributed by atoms with Crippen LogP contribution in [0.25, 0.3) is 0 Å². The molecular weight excluding hydrogens is 538 g/mol. The minimum absolute atomic E-state index is 0.146. The molecule has 0 bridgehead atoms. The van der Waals surface area contributed by atoms with E-state index in [2.05, 4.69) is 55.1 Å². The number of rotatable bonds is 5. The van der Waals surface area contributed by atoms with Crippen molar-refractivity contribution in [1.82, 2.24) is 9.97 Å². The second-order valence-electron chi connectivity index (χ2n) is 4.60. The summed E-state index contributed by atoms with van der Waals surface area (Å²) in [6, 6.07) is 7.54. The molecule has 0 fully saturated rings. The molecule has 0 aliphatic heterocycles. The van der Waals surface area contributed by atoms with Gasteiger partial charge in [0.2, 0.25) is 0 Å². The smallest absolute Gasteiger partial charge is 0.303 e. The highest BCUT2D eigenvalue weighted by molar-refractivity contribution is 14.1. The van der Waals surface area contributed by atoms with E-state index < -0.39 is 5.97 Å². The predicted molar refractivity (Wildman–Crippen MR) is 105 cm³/mol. The lowest BCUT2D eigenvalue weighted by Gasteiger charge is -2.00. The number of hydrogen-bond donors (Lipinski definition) is 1. The molecule has 0 aromatic carbocycles. The average molecular weight is 554 g/mol. The lowest BCUT2D eigenvalue weighted by molar-refractivity contribution is -0.142. The summed E-state index contributed by atoms with van der Waals surface area (Å²) in [6.07, 6.45) is 4.04. The van der Waals surface area contributed by atoms with Gasteiger partial charge in [-0.2, -0.15) is 0 Å². The van der Waals surface area contributed by atoms with Gasteiger partial charge in [-0.1, -0.05) is 0 Å². The first-order valence-corrected chi connectivity index (χ1v) is 9.08. The number of aliphatic carboxylic acids is 1. The molecule has 2 rings (SSSR count). The number of carbonyl (C=O) groups is 2. The van der Waals surface area contributed by atoms with Gasteiger partial charge in [0.15, 0.2) is 0 Å². The average Bonchev–Trinajstić information content (AvgIpc) is 2.52. The van der Waals surface area contributed by atoms with E-state index in [4.69, 9.17) is 9.84 Å². The Balaban J connectivity index is 0.000000240. The Morgan fingerprint density at radius 1 is 1.08 bits per heavy atom. The van der Waals surface area contributed by atoms with Crippen molar-refractivity contribution in [2.24, 2.45) is 0 Å². The Hall–Kier alpha value is -1.30. The van der Waals surface area contributed by atoms with Crippen LogP contribution < -0.4 is 0 Å². The Morgan fingerprint density at radius 2 is 1.62 bits per heavy atom. The third kappa shape index (κ3) is 9.75. The molecule has 2 aromatic rings. The van der Waals surface area contributed by atoms with Gasteiger partial charge >= 0.3 is 11.9 Å². The maximum absolute atomic E-state index is 10.5. The van der Waals surface area contributed by atoms with Gasteiger partial charge in [0.05, 0.1) is 12.1 Å². The number of nitrogens with zero attached hydrogens (tertiary/aromatic N) is 2. The normalized spacial score (nSPS) is 9.62. The van der Waals surface area contributed by atoms with Crippen LogP contribution in [-0.2, 0) is 27.4 Å². The molecule has 0 aliphatic rings. The van der Waals surface area contributed by atoms with Gasteiger partial charge < -0.3 is 9.84 Å². The van der Waals surface area contributed by atoms with Gasteiger partial charge in [-0.25, -0.2) is 0 Å².